The molecule has 7 nitrogen and oxygen atoms in total. The Morgan fingerprint density at radius 2 is 1.93 bits per heavy atom. The van der Waals surface area contributed by atoms with Gasteiger partial charge in [0.1, 0.15) is 0 Å². The Bertz CT molecular complexity index is 297. The van der Waals surface area contributed by atoms with E-state index in [0.29, 0.717) is 0 Å². The van der Waals surface area contributed by atoms with Crippen molar-refractivity contribution in [1.29, 1.82) is 0 Å². The quantitative estimate of drug-likeness (QED) is 0.429. The molecule has 1 unspecified atom stereocenters. The molecule has 0 aromatic carbocycles. The summed E-state index contributed by atoms with van der Waals surface area (Å²) in [5, 5.41) is 17.6. The summed E-state index contributed by atoms with van der Waals surface area (Å²) in [7, 11) is -3.72. The fourth-order valence-electron chi connectivity index (χ4n) is 0.552. The molecular weight excluding hydrogens is 212 g/mol. The van der Waals surface area contributed by atoms with E-state index in [4.69, 9.17) is 10.2 Å². The fraction of sp³-hybridized carbons (Fsp3) is 0.833. The highest BCUT2D eigenvalue weighted by molar-refractivity contribution is 7.87. The number of aliphatic hydroxyl groups is 1. The number of carboxylic acid groups (broad SMARTS) is 1. The Morgan fingerprint density at radius 3 is 2.29 bits per heavy atom. The summed E-state index contributed by atoms with van der Waals surface area (Å²) >= 11 is 0. The van der Waals surface area contributed by atoms with Gasteiger partial charge >= 0.3 is 5.97 Å². The normalized spacial score (nSPS) is 16.2. The Morgan fingerprint density at radius 1 is 1.43 bits per heavy atom. The minimum Gasteiger partial charge on any atom is -0.479 e. The Kier molecular flexibility index (Phi) is 4.46. The maximum Gasteiger partial charge on any atom is 0.336 e. The van der Waals surface area contributed by atoms with Crippen molar-refractivity contribution in [3.63, 3.8) is 0 Å². The molecule has 0 amide bonds. The van der Waals surface area contributed by atoms with Gasteiger partial charge in [0.05, 0.1) is 6.54 Å². The SMILES string of the molecule is CCNS(=O)(=O)NCC(C)(O)C(=O)O. The minimum atomic E-state index is -3.72. The molecule has 8 heteroatoms. The number of hydrogen-bond donors (Lipinski definition) is 4. The molecule has 1 atom stereocenters. The number of hydrogen-bond acceptors (Lipinski definition) is 4. The zero-order chi connectivity index (χ0) is 11.4. The molecular formula is C6H14N2O5S. The number of nitrogens with one attached hydrogen (secondary N) is 2. The van der Waals surface area contributed by atoms with Gasteiger partial charge in [-0.1, -0.05) is 6.92 Å². The van der Waals surface area contributed by atoms with Gasteiger partial charge in [-0.2, -0.15) is 13.1 Å². The van der Waals surface area contributed by atoms with E-state index in [0.717, 1.165) is 6.92 Å². The lowest BCUT2D eigenvalue weighted by Crippen LogP contribution is -2.49. The van der Waals surface area contributed by atoms with E-state index in [9.17, 15) is 13.2 Å². The highest BCUT2D eigenvalue weighted by Gasteiger charge is 2.31. The van der Waals surface area contributed by atoms with Crippen molar-refractivity contribution in [2.24, 2.45) is 0 Å². The fourth-order valence-corrected chi connectivity index (χ4v) is 1.51. The molecule has 0 rings (SSSR count). The summed E-state index contributed by atoms with van der Waals surface area (Å²) in [4.78, 5) is 10.4. The smallest absolute Gasteiger partial charge is 0.336 e. The highest BCUT2D eigenvalue weighted by Crippen LogP contribution is 2.01. The lowest BCUT2D eigenvalue weighted by Gasteiger charge is -2.18. The zero-order valence-corrected chi connectivity index (χ0v) is 8.76. The van der Waals surface area contributed by atoms with Gasteiger partial charge < -0.3 is 10.2 Å². The molecule has 0 aromatic rings. The van der Waals surface area contributed by atoms with Crippen molar-refractivity contribution in [1.82, 2.24) is 9.44 Å². The predicted octanol–water partition coefficient (Wildman–Crippen LogP) is -1.73. The molecule has 0 spiro atoms. The molecule has 0 aromatic heterocycles. The van der Waals surface area contributed by atoms with E-state index in [1.807, 2.05) is 4.72 Å². The van der Waals surface area contributed by atoms with Gasteiger partial charge in [-0.3, -0.25) is 0 Å². The van der Waals surface area contributed by atoms with Crippen LogP contribution in [0.1, 0.15) is 13.8 Å². The molecule has 0 fully saturated rings. The molecule has 84 valence electrons. The van der Waals surface area contributed by atoms with Gasteiger partial charge in [-0.15, -0.1) is 0 Å². The van der Waals surface area contributed by atoms with Crippen molar-refractivity contribution in [3.8, 4) is 0 Å². The van der Waals surface area contributed by atoms with Crippen molar-refractivity contribution >= 4 is 16.2 Å². The number of carboxylic acids is 1. The standard InChI is InChI=1S/C6H14N2O5S/c1-3-7-14(12,13)8-4-6(2,11)5(9)10/h7-8,11H,3-4H2,1-2H3,(H,9,10). The van der Waals surface area contributed by atoms with E-state index in [1.54, 1.807) is 6.92 Å². The van der Waals surface area contributed by atoms with Crippen molar-refractivity contribution in [2.75, 3.05) is 13.1 Å². The van der Waals surface area contributed by atoms with E-state index in [-0.39, 0.29) is 6.54 Å². The molecule has 0 aliphatic rings. The van der Waals surface area contributed by atoms with Crippen LogP contribution in [0, 0.1) is 0 Å². The monoisotopic (exact) mass is 226 g/mol. The van der Waals surface area contributed by atoms with Crippen molar-refractivity contribution in [2.45, 2.75) is 19.4 Å². The van der Waals surface area contributed by atoms with Crippen LogP contribution in [-0.4, -0.2) is 43.3 Å². The van der Waals surface area contributed by atoms with Crippen LogP contribution in [0.2, 0.25) is 0 Å². The zero-order valence-electron chi connectivity index (χ0n) is 7.94. The maximum atomic E-state index is 11.0. The topological polar surface area (TPSA) is 116 Å². The summed E-state index contributed by atoms with van der Waals surface area (Å²) in [6, 6.07) is 0. The van der Waals surface area contributed by atoms with Crippen LogP contribution in [0.15, 0.2) is 0 Å². The third-order valence-corrected chi connectivity index (χ3v) is 2.59. The van der Waals surface area contributed by atoms with E-state index in [2.05, 4.69) is 4.72 Å². The molecule has 0 aliphatic carbocycles. The molecule has 4 N–H and O–H groups in total. The van der Waals surface area contributed by atoms with Gasteiger partial charge in [-0.25, -0.2) is 9.52 Å². The van der Waals surface area contributed by atoms with Crippen molar-refractivity contribution < 1.29 is 23.4 Å². The Hall–Kier alpha value is -0.700. The van der Waals surface area contributed by atoms with Gasteiger partial charge in [0.15, 0.2) is 5.60 Å². The molecule has 0 saturated carbocycles. The first-order valence-corrected chi connectivity index (χ1v) is 5.39. The summed E-state index contributed by atoms with van der Waals surface area (Å²) in [5.74, 6) is -1.49. The maximum absolute atomic E-state index is 11.0. The third-order valence-electron chi connectivity index (χ3n) is 1.40. The summed E-state index contributed by atoms with van der Waals surface area (Å²) in [5.41, 5.74) is -2.11. The van der Waals surface area contributed by atoms with Gasteiger partial charge in [0, 0.05) is 6.54 Å². The van der Waals surface area contributed by atoms with Crippen LogP contribution in [0.5, 0.6) is 0 Å². The molecule has 0 bridgehead atoms. The number of aliphatic carboxylic acids is 1. The van der Waals surface area contributed by atoms with Crippen LogP contribution in [0.4, 0.5) is 0 Å². The molecule has 0 heterocycles. The summed E-state index contributed by atoms with van der Waals surface area (Å²) < 4.78 is 25.9. The van der Waals surface area contributed by atoms with E-state index < -0.39 is 28.3 Å². The second-order valence-corrected chi connectivity index (χ2v) is 4.49. The highest BCUT2D eigenvalue weighted by atomic mass is 32.2. The lowest BCUT2D eigenvalue weighted by atomic mass is 10.1. The summed E-state index contributed by atoms with van der Waals surface area (Å²) in [6.45, 7) is 2.18. The van der Waals surface area contributed by atoms with Crippen LogP contribution in [0.25, 0.3) is 0 Å². The first-order chi connectivity index (χ1) is 6.21. The van der Waals surface area contributed by atoms with Gasteiger partial charge in [-0.05, 0) is 6.92 Å². The van der Waals surface area contributed by atoms with Crippen LogP contribution >= 0.6 is 0 Å². The Labute approximate surface area is 82.3 Å². The van der Waals surface area contributed by atoms with Gasteiger partial charge in [0.25, 0.3) is 10.2 Å². The second-order valence-electron chi connectivity index (χ2n) is 2.90. The average Bonchev–Trinajstić information content (AvgIpc) is 2.01. The van der Waals surface area contributed by atoms with Crippen LogP contribution in [0.3, 0.4) is 0 Å². The van der Waals surface area contributed by atoms with Gasteiger partial charge in [0.2, 0.25) is 0 Å². The average molecular weight is 226 g/mol. The molecule has 0 aliphatic heterocycles. The Balaban J connectivity index is 4.26. The van der Waals surface area contributed by atoms with E-state index in [1.165, 1.54) is 0 Å². The predicted molar refractivity (Wildman–Crippen MR) is 48.9 cm³/mol. The first-order valence-electron chi connectivity index (χ1n) is 3.91. The lowest BCUT2D eigenvalue weighted by molar-refractivity contribution is -0.155. The van der Waals surface area contributed by atoms with E-state index >= 15 is 0 Å². The molecule has 0 radical (unpaired) electrons. The molecule has 0 saturated heterocycles. The summed E-state index contributed by atoms with van der Waals surface area (Å²) in [6.07, 6.45) is 0. The largest absolute Gasteiger partial charge is 0.479 e. The molecule has 14 heavy (non-hydrogen) atoms. The van der Waals surface area contributed by atoms with Crippen LogP contribution < -0.4 is 9.44 Å². The third kappa shape index (κ3) is 4.51. The number of rotatable bonds is 6. The minimum absolute atomic E-state index is 0.185. The van der Waals surface area contributed by atoms with Crippen molar-refractivity contribution in [3.05, 3.63) is 0 Å². The first kappa shape index (κ1) is 13.3. The van der Waals surface area contributed by atoms with Crippen LogP contribution in [-0.2, 0) is 15.0 Å². The number of carbonyl (C=O) groups is 1. The second kappa shape index (κ2) is 4.69.